The van der Waals surface area contributed by atoms with E-state index in [0.717, 1.165) is 24.0 Å². The number of hydrogen-bond acceptors (Lipinski definition) is 3. The zero-order valence-electron chi connectivity index (χ0n) is 15.2. The Morgan fingerprint density at radius 3 is 2.61 bits per heavy atom. The summed E-state index contributed by atoms with van der Waals surface area (Å²) in [6.45, 7) is 11.2. The lowest BCUT2D eigenvalue weighted by molar-refractivity contribution is -0.182. The standard InChI is InChI=1S/C20H28N2O/c1-13-10-20(5,16-9-7-8-15(12-21)14(16)2)11-17-18(13)22(6)23-19(17,3)4/h7-9,13,17-18H,10-11H2,1-6H3. The van der Waals surface area contributed by atoms with E-state index in [9.17, 15) is 5.26 Å². The number of rotatable bonds is 1. The van der Waals surface area contributed by atoms with Gasteiger partial charge < -0.3 is 0 Å². The van der Waals surface area contributed by atoms with Crippen LogP contribution in [0.5, 0.6) is 0 Å². The minimum Gasteiger partial charge on any atom is -0.293 e. The van der Waals surface area contributed by atoms with E-state index in [1.165, 1.54) is 5.56 Å². The summed E-state index contributed by atoms with van der Waals surface area (Å²) < 4.78 is 0. The van der Waals surface area contributed by atoms with Crippen molar-refractivity contribution in [1.29, 1.82) is 5.26 Å². The van der Waals surface area contributed by atoms with Crippen LogP contribution in [0.4, 0.5) is 0 Å². The number of nitriles is 1. The molecule has 4 unspecified atom stereocenters. The van der Waals surface area contributed by atoms with Gasteiger partial charge in [0.25, 0.3) is 0 Å². The van der Waals surface area contributed by atoms with Gasteiger partial charge in [0.05, 0.1) is 17.2 Å². The predicted molar refractivity (Wildman–Crippen MR) is 91.8 cm³/mol. The lowest BCUT2D eigenvalue weighted by Crippen LogP contribution is -2.48. The van der Waals surface area contributed by atoms with Crippen LogP contribution < -0.4 is 0 Å². The first kappa shape index (κ1) is 16.5. The molecule has 4 atom stereocenters. The summed E-state index contributed by atoms with van der Waals surface area (Å²) in [5, 5.41) is 11.5. The van der Waals surface area contributed by atoms with Crippen LogP contribution in [0.15, 0.2) is 18.2 Å². The Labute approximate surface area is 140 Å². The fraction of sp³-hybridized carbons (Fsp3) is 0.650. The van der Waals surface area contributed by atoms with Crippen LogP contribution in [-0.4, -0.2) is 23.8 Å². The van der Waals surface area contributed by atoms with Crippen LogP contribution in [0.1, 0.15) is 57.2 Å². The Hall–Kier alpha value is -1.37. The number of benzene rings is 1. The van der Waals surface area contributed by atoms with Gasteiger partial charge in [-0.05, 0) is 62.1 Å². The number of hydrogen-bond donors (Lipinski definition) is 0. The Balaban J connectivity index is 2.03. The first-order valence-electron chi connectivity index (χ1n) is 8.62. The van der Waals surface area contributed by atoms with Crippen LogP contribution in [0.3, 0.4) is 0 Å². The fourth-order valence-electron chi connectivity index (χ4n) is 5.32. The Kier molecular flexibility index (Phi) is 3.82. The highest BCUT2D eigenvalue weighted by Gasteiger charge is 2.55. The van der Waals surface area contributed by atoms with Gasteiger partial charge >= 0.3 is 0 Å². The minimum absolute atomic E-state index is 0.101. The van der Waals surface area contributed by atoms with Crippen molar-refractivity contribution in [3.63, 3.8) is 0 Å². The van der Waals surface area contributed by atoms with E-state index in [4.69, 9.17) is 4.84 Å². The van der Waals surface area contributed by atoms with E-state index >= 15 is 0 Å². The summed E-state index contributed by atoms with van der Waals surface area (Å²) >= 11 is 0. The Morgan fingerprint density at radius 1 is 1.26 bits per heavy atom. The first-order valence-corrected chi connectivity index (χ1v) is 8.62. The molecule has 1 saturated heterocycles. The van der Waals surface area contributed by atoms with Gasteiger partial charge in [0.2, 0.25) is 0 Å². The molecule has 3 nitrogen and oxygen atoms in total. The zero-order chi connectivity index (χ0) is 17.0. The average Bonchev–Trinajstić information content (AvgIpc) is 2.68. The lowest BCUT2D eigenvalue weighted by Gasteiger charge is -2.47. The molecule has 0 bridgehead atoms. The van der Waals surface area contributed by atoms with Gasteiger partial charge in [-0.25, -0.2) is 0 Å². The highest BCUT2D eigenvalue weighted by atomic mass is 16.7. The SMILES string of the molecule is Cc1c(C#N)cccc1C1(C)CC(C)C2C(C1)C(C)(C)ON2C. The maximum atomic E-state index is 9.37. The van der Waals surface area contributed by atoms with Crippen LogP contribution in [0.2, 0.25) is 0 Å². The molecule has 1 aromatic rings. The zero-order valence-corrected chi connectivity index (χ0v) is 15.2. The molecule has 1 aromatic carbocycles. The highest BCUT2D eigenvalue weighted by molar-refractivity contribution is 5.45. The fourth-order valence-corrected chi connectivity index (χ4v) is 5.32. The molecular weight excluding hydrogens is 284 g/mol. The van der Waals surface area contributed by atoms with Gasteiger partial charge in [-0.3, -0.25) is 4.84 Å². The van der Waals surface area contributed by atoms with E-state index in [2.05, 4.69) is 58.9 Å². The number of hydroxylamine groups is 2. The molecule has 0 N–H and O–H groups in total. The third-order valence-electron chi connectivity index (χ3n) is 6.23. The van der Waals surface area contributed by atoms with Crippen molar-refractivity contribution >= 4 is 0 Å². The van der Waals surface area contributed by atoms with Crippen molar-refractivity contribution in [1.82, 2.24) is 5.06 Å². The van der Waals surface area contributed by atoms with Crippen molar-refractivity contribution in [2.45, 2.75) is 64.5 Å². The molecule has 1 heterocycles. The summed E-state index contributed by atoms with van der Waals surface area (Å²) in [5.41, 5.74) is 3.26. The summed E-state index contributed by atoms with van der Waals surface area (Å²) in [6, 6.07) is 9.00. The topological polar surface area (TPSA) is 36.3 Å². The molecule has 1 saturated carbocycles. The quantitative estimate of drug-likeness (QED) is 0.780. The normalized spacial score (nSPS) is 36.5. The largest absolute Gasteiger partial charge is 0.293 e. The summed E-state index contributed by atoms with van der Waals surface area (Å²) in [4.78, 5) is 6.15. The smallest absolute Gasteiger partial charge is 0.0994 e. The van der Waals surface area contributed by atoms with Crippen molar-refractivity contribution in [3.8, 4) is 6.07 Å². The number of nitrogens with zero attached hydrogens (tertiary/aromatic N) is 2. The maximum absolute atomic E-state index is 9.37. The van der Waals surface area contributed by atoms with Crippen LogP contribution >= 0.6 is 0 Å². The third kappa shape index (κ3) is 2.49. The molecule has 2 aliphatic rings. The maximum Gasteiger partial charge on any atom is 0.0994 e. The van der Waals surface area contributed by atoms with Crippen molar-refractivity contribution in [3.05, 3.63) is 34.9 Å². The summed E-state index contributed by atoms with van der Waals surface area (Å²) in [5.74, 6) is 1.07. The molecule has 124 valence electrons. The van der Waals surface area contributed by atoms with Crippen molar-refractivity contribution in [2.24, 2.45) is 11.8 Å². The van der Waals surface area contributed by atoms with Crippen LogP contribution in [-0.2, 0) is 10.3 Å². The van der Waals surface area contributed by atoms with Crippen LogP contribution in [0.25, 0.3) is 0 Å². The molecule has 1 aliphatic heterocycles. The van der Waals surface area contributed by atoms with Crippen LogP contribution in [0, 0.1) is 30.1 Å². The molecule has 23 heavy (non-hydrogen) atoms. The Morgan fingerprint density at radius 2 is 1.96 bits per heavy atom. The van der Waals surface area contributed by atoms with Gasteiger partial charge in [-0.2, -0.15) is 10.3 Å². The second-order valence-corrected chi connectivity index (χ2v) is 8.37. The molecule has 0 amide bonds. The van der Waals surface area contributed by atoms with Gasteiger partial charge in [0.15, 0.2) is 0 Å². The average molecular weight is 312 g/mol. The molecular formula is C20H28N2O. The second kappa shape index (κ2) is 5.33. The first-order chi connectivity index (χ1) is 10.7. The number of fused-ring (bicyclic) bond motifs is 1. The van der Waals surface area contributed by atoms with Gasteiger partial charge in [0, 0.05) is 19.0 Å². The third-order valence-corrected chi connectivity index (χ3v) is 6.23. The Bertz CT molecular complexity index is 660. The lowest BCUT2D eigenvalue weighted by atomic mass is 9.58. The second-order valence-electron chi connectivity index (χ2n) is 8.37. The van der Waals surface area contributed by atoms with Gasteiger partial charge in [-0.15, -0.1) is 0 Å². The summed E-state index contributed by atoms with van der Waals surface area (Å²) in [6.07, 6.45) is 2.24. The van der Waals surface area contributed by atoms with Gasteiger partial charge in [0.1, 0.15) is 0 Å². The molecule has 0 spiro atoms. The van der Waals surface area contributed by atoms with Crippen molar-refractivity contribution in [2.75, 3.05) is 7.05 Å². The molecule has 1 aliphatic carbocycles. The molecule has 3 rings (SSSR count). The minimum atomic E-state index is -0.129. The molecule has 0 aromatic heterocycles. The van der Waals surface area contributed by atoms with E-state index < -0.39 is 0 Å². The monoisotopic (exact) mass is 312 g/mol. The molecule has 3 heteroatoms. The van der Waals surface area contributed by atoms with Crippen molar-refractivity contribution < 1.29 is 4.84 Å². The highest BCUT2D eigenvalue weighted by Crippen LogP contribution is 2.53. The summed E-state index contributed by atoms with van der Waals surface area (Å²) in [7, 11) is 2.08. The molecule has 0 radical (unpaired) electrons. The van der Waals surface area contributed by atoms with E-state index in [1.807, 2.05) is 12.1 Å². The molecule has 2 fully saturated rings. The van der Waals surface area contributed by atoms with E-state index in [-0.39, 0.29) is 11.0 Å². The predicted octanol–water partition coefficient (Wildman–Crippen LogP) is 4.19. The van der Waals surface area contributed by atoms with E-state index in [1.54, 1.807) is 0 Å². The van der Waals surface area contributed by atoms with Gasteiger partial charge in [-0.1, -0.05) is 26.0 Å². The van der Waals surface area contributed by atoms with E-state index in [0.29, 0.717) is 17.9 Å².